The van der Waals surface area contributed by atoms with Gasteiger partial charge >= 0.3 is 0 Å². The third-order valence-corrected chi connectivity index (χ3v) is 4.38. The summed E-state index contributed by atoms with van der Waals surface area (Å²) >= 11 is 0. The second kappa shape index (κ2) is 6.66. The van der Waals surface area contributed by atoms with Crippen LogP contribution in [0.15, 0.2) is 39.5 Å². The molecule has 0 unspecified atom stereocenters. The molecule has 1 N–H and O–H groups in total. The SMILES string of the molecule is CCCc1cc(CNC(=O)[C@]2(C)CC(=O)N=C3C=C(C)C=CN32)on1. The van der Waals surface area contributed by atoms with Crippen molar-refractivity contribution >= 4 is 17.6 Å². The number of allylic oxidation sites excluding steroid dienone is 2. The van der Waals surface area contributed by atoms with Crippen molar-refractivity contribution in [1.82, 2.24) is 15.4 Å². The van der Waals surface area contributed by atoms with Gasteiger partial charge in [0.1, 0.15) is 11.4 Å². The predicted molar refractivity (Wildman–Crippen MR) is 92.5 cm³/mol. The molecule has 2 aliphatic rings. The molecule has 0 spiro atoms. The number of nitrogens with zero attached hydrogens (tertiary/aromatic N) is 3. The molecule has 0 saturated heterocycles. The first-order valence-electron chi connectivity index (χ1n) is 8.42. The first-order valence-corrected chi connectivity index (χ1v) is 8.42. The lowest BCUT2D eigenvalue weighted by molar-refractivity contribution is -0.134. The van der Waals surface area contributed by atoms with Gasteiger partial charge in [-0.2, -0.15) is 4.99 Å². The highest BCUT2D eigenvalue weighted by atomic mass is 16.5. The van der Waals surface area contributed by atoms with E-state index in [1.165, 1.54) is 0 Å². The van der Waals surface area contributed by atoms with E-state index in [0.29, 0.717) is 11.6 Å². The molecule has 7 nitrogen and oxygen atoms in total. The van der Waals surface area contributed by atoms with E-state index < -0.39 is 5.54 Å². The Balaban J connectivity index is 1.73. The number of aryl methyl sites for hydroxylation is 1. The number of carbonyl (C=O) groups excluding carboxylic acids is 2. The molecular formula is C18H22N4O3. The molecule has 0 aliphatic carbocycles. The van der Waals surface area contributed by atoms with Gasteiger partial charge in [-0.25, -0.2) is 0 Å². The maximum absolute atomic E-state index is 12.8. The zero-order valence-corrected chi connectivity index (χ0v) is 14.7. The van der Waals surface area contributed by atoms with E-state index in [2.05, 4.69) is 22.4 Å². The summed E-state index contributed by atoms with van der Waals surface area (Å²) in [6, 6.07) is 1.85. The lowest BCUT2D eigenvalue weighted by atomic mass is 9.90. The molecule has 0 bridgehead atoms. The summed E-state index contributed by atoms with van der Waals surface area (Å²) in [6.45, 7) is 5.97. The molecule has 2 amide bonds. The van der Waals surface area contributed by atoms with Crippen LogP contribution in [0.5, 0.6) is 0 Å². The number of aromatic nitrogens is 1. The fourth-order valence-electron chi connectivity index (χ4n) is 3.00. The average Bonchev–Trinajstić information content (AvgIpc) is 2.99. The molecule has 0 saturated carbocycles. The van der Waals surface area contributed by atoms with Crippen LogP contribution < -0.4 is 5.32 Å². The smallest absolute Gasteiger partial charge is 0.250 e. The highest BCUT2D eigenvalue weighted by Crippen LogP contribution is 2.29. The number of nitrogens with one attached hydrogen (secondary N) is 1. The normalized spacial score (nSPS) is 22.4. The molecule has 132 valence electrons. The van der Waals surface area contributed by atoms with Gasteiger partial charge in [0, 0.05) is 12.3 Å². The Bertz CT molecular complexity index is 790. The van der Waals surface area contributed by atoms with Crippen LogP contribution in [0.25, 0.3) is 0 Å². The minimum atomic E-state index is -1.02. The quantitative estimate of drug-likeness (QED) is 0.885. The van der Waals surface area contributed by atoms with Crippen molar-refractivity contribution in [3.8, 4) is 0 Å². The van der Waals surface area contributed by atoms with Crippen LogP contribution in [0.2, 0.25) is 0 Å². The number of fused-ring (bicyclic) bond motifs is 1. The van der Waals surface area contributed by atoms with Crippen molar-refractivity contribution in [2.75, 3.05) is 0 Å². The molecule has 1 atom stereocenters. The molecule has 1 aromatic rings. The van der Waals surface area contributed by atoms with Crippen LogP contribution in [0, 0.1) is 0 Å². The van der Waals surface area contributed by atoms with Crippen molar-refractivity contribution in [3.63, 3.8) is 0 Å². The molecule has 0 fully saturated rings. The van der Waals surface area contributed by atoms with E-state index >= 15 is 0 Å². The van der Waals surface area contributed by atoms with Crippen LogP contribution in [0.3, 0.4) is 0 Å². The summed E-state index contributed by atoms with van der Waals surface area (Å²) in [7, 11) is 0. The zero-order chi connectivity index (χ0) is 18.0. The predicted octanol–water partition coefficient (Wildman–Crippen LogP) is 2.11. The van der Waals surface area contributed by atoms with Gasteiger partial charge in [0.15, 0.2) is 5.76 Å². The van der Waals surface area contributed by atoms with Crippen molar-refractivity contribution in [3.05, 3.63) is 41.4 Å². The molecule has 25 heavy (non-hydrogen) atoms. The van der Waals surface area contributed by atoms with E-state index in [-0.39, 0.29) is 24.8 Å². The van der Waals surface area contributed by atoms with Gasteiger partial charge in [0.05, 0.1) is 18.7 Å². The second-order valence-electron chi connectivity index (χ2n) is 6.61. The Morgan fingerprint density at radius 2 is 2.28 bits per heavy atom. The van der Waals surface area contributed by atoms with Gasteiger partial charge in [-0.3, -0.25) is 9.59 Å². The van der Waals surface area contributed by atoms with Crippen molar-refractivity contribution < 1.29 is 14.1 Å². The lowest BCUT2D eigenvalue weighted by Crippen LogP contribution is -2.59. The standard InChI is InChI=1S/C18H22N4O3/c1-4-5-13-9-14(25-21-13)11-19-17(24)18(3)10-16(23)20-15-8-12(2)6-7-22(15)18/h6-9H,4-5,10-11H2,1-3H3,(H,19,24)/t18-/m0/s1. The molecule has 3 rings (SSSR count). The molecule has 7 heteroatoms. The van der Waals surface area contributed by atoms with E-state index in [9.17, 15) is 9.59 Å². The van der Waals surface area contributed by atoms with E-state index in [1.54, 1.807) is 24.1 Å². The first-order chi connectivity index (χ1) is 11.9. The van der Waals surface area contributed by atoms with Crippen LogP contribution in [-0.4, -0.2) is 33.2 Å². The van der Waals surface area contributed by atoms with Crippen LogP contribution in [-0.2, 0) is 22.6 Å². The lowest BCUT2D eigenvalue weighted by Gasteiger charge is -2.41. The van der Waals surface area contributed by atoms with Crippen molar-refractivity contribution in [2.45, 2.75) is 52.1 Å². The fourth-order valence-corrected chi connectivity index (χ4v) is 3.00. The van der Waals surface area contributed by atoms with Crippen molar-refractivity contribution in [2.24, 2.45) is 4.99 Å². The Kier molecular flexibility index (Phi) is 4.57. The number of rotatable bonds is 5. The van der Waals surface area contributed by atoms with Gasteiger partial charge in [0.2, 0.25) is 5.91 Å². The highest BCUT2D eigenvalue weighted by molar-refractivity contribution is 6.09. The second-order valence-corrected chi connectivity index (χ2v) is 6.61. The van der Waals surface area contributed by atoms with E-state index in [1.807, 2.05) is 19.1 Å². The minimum absolute atomic E-state index is 0.0249. The first kappa shape index (κ1) is 17.1. The molecular weight excluding hydrogens is 320 g/mol. The highest BCUT2D eigenvalue weighted by Gasteiger charge is 2.45. The Morgan fingerprint density at radius 1 is 1.48 bits per heavy atom. The molecule has 2 aliphatic heterocycles. The van der Waals surface area contributed by atoms with Gasteiger partial charge in [-0.1, -0.05) is 18.5 Å². The van der Waals surface area contributed by atoms with Gasteiger partial charge < -0.3 is 14.7 Å². The Labute approximate surface area is 146 Å². The molecule has 0 radical (unpaired) electrons. The number of amides is 2. The number of aliphatic imine (C=N–C) groups is 1. The maximum Gasteiger partial charge on any atom is 0.250 e. The number of hydrogen-bond donors (Lipinski definition) is 1. The Hall–Kier alpha value is -2.70. The number of carbonyl (C=O) groups is 2. The van der Waals surface area contributed by atoms with Gasteiger partial charge in [-0.15, -0.1) is 0 Å². The fraction of sp³-hybridized carbons (Fsp3) is 0.444. The Morgan fingerprint density at radius 3 is 3.04 bits per heavy atom. The van der Waals surface area contributed by atoms with E-state index in [4.69, 9.17) is 4.52 Å². The third kappa shape index (κ3) is 3.40. The number of amidine groups is 1. The summed E-state index contributed by atoms with van der Waals surface area (Å²) in [5, 5.41) is 6.82. The summed E-state index contributed by atoms with van der Waals surface area (Å²) in [5.41, 5.74) is 0.839. The van der Waals surface area contributed by atoms with Crippen LogP contribution >= 0.6 is 0 Å². The minimum Gasteiger partial charge on any atom is -0.359 e. The third-order valence-electron chi connectivity index (χ3n) is 4.38. The van der Waals surface area contributed by atoms with E-state index in [0.717, 1.165) is 24.1 Å². The van der Waals surface area contributed by atoms with Crippen molar-refractivity contribution in [1.29, 1.82) is 0 Å². The molecule has 0 aromatic carbocycles. The molecule has 1 aromatic heterocycles. The molecule has 3 heterocycles. The maximum atomic E-state index is 12.8. The van der Waals surface area contributed by atoms with Crippen LogP contribution in [0.4, 0.5) is 0 Å². The van der Waals surface area contributed by atoms with Gasteiger partial charge in [-0.05, 0) is 38.0 Å². The summed E-state index contributed by atoms with van der Waals surface area (Å²) < 4.78 is 5.24. The monoisotopic (exact) mass is 342 g/mol. The average molecular weight is 342 g/mol. The van der Waals surface area contributed by atoms with Gasteiger partial charge in [0.25, 0.3) is 5.91 Å². The van der Waals surface area contributed by atoms with Crippen LogP contribution in [0.1, 0.15) is 45.1 Å². The number of hydrogen-bond acceptors (Lipinski definition) is 5. The zero-order valence-electron chi connectivity index (χ0n) is 14.7. The topological polar surface area (TPSA) is 87.8 Å². The summed E-state index contributed by atoms with van der Waals surface area (Å²) in [4.78, 5) is 30.6. The summed E-state index contributed by atoms with van der Waals surface area (Å²) in [6.07, 6.45) is 7.34. The largest absolute Gasteiger partial charge is 0.359 e. The summed E-state index contributed by atoms with van der Waals surface area (Å²) in [5.74, 6) is 0.549.